The van der Waals surface area contributed by atoms with Gasteiger partial charge in [0.2, 0.25) is 0 Å². The van der Waals surface area contributed by atoms with Gasteiger partial charge in [-0.3, -0.25) is 0 Å². The molecule has 0 aliphatic carbocycles. The van der Waals surface area contributed by atoms with Crippen LogP contribution in [0.25, 0.3) is 10.1 Å². The average molecular weight is 274 g/mol. The normalized spacial score (nSPS) is 18.2. The van der Waals surface area contributed by atoms with Crippen molar-refractivity contribution in [3.63, 3.8) is 0 Å². The second kappa shape index (κ2) is 6.04. The van der Waals surface area contributed by atoms with Gasteiger partial charge in [-0.25, -0.2) is 0 Å². The van der Waals surface area contributed by atoms with Gasteiger partial charge in [-0.05, 0) is 48.8 Å². The third-order valence-corrected chi connectivity index (χ3v) is 5.09. The van der Waals surface area contributed by atoms with Gasteiger partial charge in [-0.15, -0.1) is 11.3 Å². The van der Waals surface area contributed by atoms with Gasteiger partial charge in [-0.2, -0.15) is 0 Å². The third-order valence-electron chi connectivity index (χ3n) is 4.08. The van der Waals surface area contributed by atoms with Crippen LogP contribution in [-0.2, 0) is 6.42 Å². The third kappa shape index (κ3) is 3.16. The molecule has 1 saturated heterocycles. The smallest absolute Gasteiger partial charge is 0.0345 e. The molecule has 1 aliphatic heterocycles. The van der Waals surface area contributed by atoms with E-state index in [0.29, 0.717) is 0 Å². The second-order valence-corrected chi connectivity index (χ2v) is 6.42. The number of hydrogen-bond donors (Lipinski definition) is 0. The SMILES string of the molecule is CN1CCN(CCCc2csc3ccccc23)CC1. The molecule has 102 valence electrons. The summed E-state index contributed by atoms with van der Waals surface area (Å²) in [6.07, 6.45) is 2.50. The molecule has 0 amide bonds. The van der Waals surface area contributed by atoms with Crippen molar-refractivity contribution in [2.24, 2.45) is 0 Å². The van der Waals surface area contributed by atoms with Crippen LogP contribution in [0.4, 0.5) is 0 Å². The van der Waals surface area contributed by atoms with E-state index in [0.717, 1.165) is 0 Å². The molecular weight excluding hydrogens is 252 g/mol. The quantitative estimate of drug-likeness (QED) is 0.845. The molecule has 2 nitrogen and oxygen atoms in total. The van der Waals surface area contributed by atoms with E-state index in [1.807, 2.05) is 11.3 Å². The van der Waals surface area contributed by atoms with Crippen LogP contribution in [-0.4, -0.2) is 49.6 Å². The van der Waals surface area contributed by atoms with Crippen molar-refractivity contribution < 1.29 is 0 Å². The monoisotopic (exact) mass is 274 g/mol. The summed E-state index contributed by atoms with van der Waals surface area (Å²) in [7, 11) is 2.22. The highest BCUT2D eigenvalue weighted by atomic mass is 32.1. The highest BCUT2D eigenvalue weighted by Gasteiger charge is 2.13. The van der Waals surface area contributed by atoms with Gasteiger partial charge in [0.15, 0.2) is 0 Å². The molecule has 0 unspecified atom stereocenters. The van der Waals surface area contributed by atoms with Gasteiger partial charge in [0, 0.05) is 30.9 Å². The first-order chi connectivity index (χ1) is 9.33. The summed E-state index contributed by atoms with van der Waals surface area (Å²) in [5.74, 6) is 0. The average Bonchev–Trinajstić information content (AvgIpc) is 2.85. The molecule has 0 radical (unpaired) electrons. The predicted molar refractivity (Wildman–Crippen MR) is 84.1 cm³/mol. The van der Waals surface area contributed by atoms with Crippen molar-refractivity contribution in [1.82, 2.24) is 9.80 Å². The number of likely N-dealkylation sites (N-methyl/N-ethyl adjacent to an activating group) is 1. The minimum Gasteiger partial charge on any atom is -0.304 e. The molecule has 1 fully saturated rings. The molecule has 0 spiro atoms. The molecule has 3 rings (SSSR count). The molecular formula is C16H22N2S. The largest absolute Gasteiger partial charge is 0.304 e. The Bertz CT molecular complexity index is 526. The lowest BCUT2D eigenvalue weighted by atomic mass is 10.1. The number of aryl methyl sites for hydroxylation is 1. The topological polar surface area (TPSA) is 6.48 Å². The van der Waals surface area contributed by atoms with Crippen LogP contribution < -0.4 is 0 Å². The molecule has 2 heterocycles. The maximum atomic E-state index is 2.61. The number of fused-ring (bicyclic) bond motifs is 1. The Morgan fingerprint density at radius 1 is 1.11 bits per heavy atom. The highest BCUT2D eigenvalue weighted by molar-refractivity contribution is 7.17. The van der Waals surface area contributed by atoms with Crippen LogP contribution in [0, 0.1) is 0 Å². The summed E-state index contributed by atoms with van der Waals surface area (Å²) in [6, 6.07) is 8.77. The number of rotatable bonds is 4. The van der Waals surface area contributed by atoms with Crippen LogP contribution in [0.5, 0.6) is 0 Å². The van der Waals surface area contributed by atoms with E-state index in [1.165, 1.54) is 61.2 Å². The van der Waals surface area contributed by atoms with Gasteiger partial charge in [0.1, 0.15) is 0 Å². The summed E-state index contributed by atoms with van der Waals surface area (Å²) in [5, 5.41) is 3.81. The van der Waals surface area contributed by atoms with Crippen LogP contribution in [0.3, 0.4) is 0 Å². The Morgan fingerprint density at radius 3 is 2.74 bits per heavy atom. The molecule has 1 aromatic heterocycles. The van der Waals surface area contributed by atoms with Crippen LogP contribution in [0.15, 0.2) is 29.6 Å². The van der Waals surface area contributed by atoms with E-state index < -0.39 is 0 Å². The lowest BCUT2D eigenvalue weighted by molar-refractivity contribution is 0.153. The number of nitrogens with zero attached hydrogens (tertiary/aromatic N) is 2. The van der Waals surface area contributed by atoms with Gasteiger partial charge in [0.25, 0.3) is 0 Å². The second-order valence-electron chi connectivity index (χ2n) is 5.51. The van der Waals surface area contributed by atoms with Crippen molar-refractivity contribution >= 4 is 21.4 Å². The molecule has 2 aromatic rings. The zero-order valence-corrected chi connectivity index (χ0v) is 12.5. The van der Waals surface area contributed by atoms with Gasteiger partial charge < -0.3 is 9.80 Å². The first-order valence-corrected chi connectivity index (χ1v) is 8.07. The van der Waals surface area contributed by atoms with Crippen LogP contribution >= 0.6 is 11.3 Å². The fraction of sp³-hybridized carbons (Fsp3) is 0.500. The number of thiophene rings is 1. The molecule has 0 atom stereocenters. The van der Waals surface area contributed by atoms with E-state index in [-0.39, 0.29) is 0 Å². The van der Waals surface area contributed by atoms with E-state index in [1.54, 1.807) is 0 Å². The van der Waals surface area contributed by atoms with E-state index >= 15 is 0 Å². The molecule has 0 N–H and O–H groups in total. The van der Waals surface area contributed by atoms with Crippen molar-refractivity contribution in [1.29, 1.82) is 0 Å². The van der Waals surface area contributed by atoms with Crippen molar-refractivity contribution in [3.05, 3.63) is 35.2 Å². The summed E-state index contributed by atoms with van der Waals surface area (Å²) in [4.78, 5) is 5.03. The molecule has 19 heavy (non-hydrogen) atoms. The van der Waals surface area contributed by atoms with Crippen molar-refractivity contribution in [2.45, 2.75) is 12.8 Å². The zero-order chi connectivity index (χ0) is 13.1. The first-order valence-electron chi connectivity index (χ1n) is 7.19. The maximum absolute atomic E-state index is 2.61. The lowest BCUT2D eigenvalue weighted by Gasteiger charge is -2.32. The fourth-order valence-corrected chi connectivity index (χ4v) is 3.79. The first kappa shape index (κ1) is 13.1. The number of benzene rings is 1. The Hall–Kier alpha value is -0.900. The summed E-state index contributed by atoms with van der Waals surface area (Å²) in [6.45, 7) is 6.17. The number of hydrogen-bond acceptors (Lipinski definition) is 3. The summed E-state index contributed by atoms with van der Waals surface area (Å²) < 4.78 is 1.43. The van der Waals surface area contributed by atoms with E-state index in [4.69, 9.17) is 0 Å². The Labute approximate surface area is 119 Å². The van der Waals surface area contributed by atoms with Gasteiger partial charge >= 0.3 is 0 Å². The summed E-state index contributed by atoms with van der Waals surface area (Å²) >= 11 is 1.88. The highest BCUT2D eigenvalue weighted by Crippen LogP contribution is 2.26. The standard InChI is InChI=1S/C16H22N2S/c1-17-9-11-18(12-10-17)8-4-5-14-13-19-16-7-3-2-6-15(14)16/h2-3,6-7,13H,4-5,8-12H2,1H3. The molecule has 3 heteroatoms. The Balaban J connectivity index is 1.52. The van der Waals surface area contributed by atoms with Crippen LogP contribution in [0.1, 0.15) is 12.0 Å². The molecule has 0 bridgehead atoms. The molecule has 0 saturated carbocycles. The maximum Gasteiger partial charge on any atom is 0.0345 e. The molecule has 1 aliphatic rings. The van der Waals surface area contributed by atoms with Crippen LogP contribution in [0.2, 0.25) is 0 Å². The minimum atomic E-state index is 1.22. The van der Waals surface area contributed by atoms with E-state index in [2.05, 4.69) is 46.5 Å². The Morgan fingerprint density at radius 2 is 1.89 bits per heavy atom. The molecule has 1 aromatic carbocycles. The lowest BCUT2D eigenvalue weighted by Crippen LogP contribution is -2.44. The summed E-state index contributed by atoms with van der Waals surface area (Å²) in [5.41, 5.74) is 1.54. The zero-order valence-electron chi connectivity index (χ0n) is 11.6. The predicted octanol–water partition coefficient (Wildman–Crippen LogP) is 3.08. The van der Waals surface area contributed by atoms with Gasteiger partial charge in [-0.1, -0.05) is 18.2 Å². The number of piperazine rings is 1. The van der Waals surface area contributed by atoms with Crippen molar-refractivity contribution in [3.8, 4) is 0 Å². The van der Waals surface area contributed by atoms with Gasteiger partial charge in [0.05, 0.1) is 0 Å². The minimum absolute atomic E-state index is 1.22. The Kier molecular flexibility index (Phi) is 4.16. The van der Waals surface area contributed by atoms with Crippen molar-refractivity contribution in [2.75, 3.05) is 39.8 Å². The fourth-order valence-electron chi connectivity index (χ4n) is 2.79. The van der Waals surface area contributed by atoms with E-state index in [9.17, 15) is 0 Å².